The Labute approximate surface area is 118 Å². The monoisotopic (exact) mass is 273 g/mol. The summed E-state index contributed by atoms with van der Waals surface area (Å²) in [5, 5.41) is 8.60. The van der Waals surface area contributed by atoms with Crippen molar-refractivity contribution in [3.05, 3.63) is 30.0 Å². The Kier molecular flexibility index (Phi) is 3.69. The normalized spacial score (nSPS) is 23.2. The third-order valence-corrected chi connectivity index (χ3v) is 4.10. The van der Waals surface area contributed by atoms with Crippen molar-refractivity contribution < 1.29 is 9.90 Å². The molecule has 2 saturated heterocycles. The summed E-state index contributed by atoms with van der Waals surface area (Å²) >= 11 is 0. The number of rotatable bonds is 3. The first kappa shape index (κ1) is 13.1. The second-order valence-electron chi connectivity index (χ2n) is 5.40. The largest absolute Gasteiger partial charge is 0.478 e. The van der Waals surface area contributed by atoms with E-state index in [-0.39, 0.29) is 0 Å². The van der Waals surface area contributed by atoms with Crippen LogP contribution >= 0.6 is 0 Å². The minimum Gasteiger partial charge on any atom is -0.478 e. The minimum absolute atomic E-state index is 0.678. The van der Waals surface area contributed by atoms with E-state index in [0.717, 1.165) is 37.1 Å². The minimum atomic E-state index is -0.938. The molecule has 3 heterocycles. The van der Waals surface area contributed by atoms with Crippen LogP contribution in [-0.2, 0) is 4.79 Å². The number of carboxylic acid groups (broad SMARTS) is 1. The van der Waals surface area contributed by atoms with Gasteiger partial charge in [0, 0.05) is 37.9 Å². The van der Waals surface area contributed by atoms with Gasteiger partial charge >= 0.3 is 5.97 Å². The van der Waals surface area contributed by atoms with E-state index in [0.29, 0.717) is 6.04 Å². The maximum atomic E-state index is 10.5. The maximum Gasteiger partial charge on any atom is 0.328 e. The summed E-state index contributed by atoms with van der Waals surface area (Å²) in [6.07, 6.45) is 7.03. The van der Waals surface area contributed by atoms with E-state index in [1.807, 2.05) is 12.1 Å². The lowest BCUT2D eigenvalue weighted by molar-refractivity contribution is -0.131. The standard InChI is InChI=1S/C15H19N3O2/c19-15(20)6-4-12-3-5-14(16-10-12)18-9-8-17-7-1-2-13(17)11-18/h3-6,10,13H,1-2,7-9,11H2,(H,19,20)/b6-4+. The maximum absolute atomic E-state index is 10.5. The number of hydrogen-bond donors (Lipinski definition) is 1. The molecule has 5 nitrogen and oxygen atoms in total. The molecule has 5 heteroatoms. The van der Waals surface area contributed by atoms with Gasteiger partial charge in [-0.2, -0.15) is 0 Å². The van der Waals surface area contributed by atoms with Gasteiger partial charge < -0.3 is 10.0 Å². The molecule has 2 fully saturated rings. The van der Waals surface area contributed by atoms with Gasteiger partial charge in [0.25, 0.3) is 0 Å². The number of nitrogens with zero attached hydrogens (tertiary/aromatic N) is 3. The summed E-state index contributed by atoms with van der Waals surface area (Å²) in [5.74, 6) is 0.0513. The molecule has 1 aromatic rings. The molecular formula is C15H19N3O2. The van der Waals surface area contributed by atoms with E-state index in [4.69, 9.17) is 5.11 Å². The van der Waals surface area contributed by atoms with Crippen LogP contribution in [0.2, 0.25) is 0 Å². The fraction of sp³-hybridized carbons (Fsp3) is 0.467. The molecule has 1 aromatic heterocycles. The molecule has 0 aliphatic carbocycles. The molecule has 106 valence electrons. The predicted molar refractivity (Wildman–Crippen MR) is 77.7 cm³/mol. The Hall–Kier alpha value is -1.88. The van der Waals surface area contributed by atoms with E-state index in [1.165, 1.54) is 19.4 Å². The zero-order valence-corrected chi connectivity index (χ0v) is 11.4. The van der Waals surface area contributed by atoms with Crippen LogP contribution < -0.4 is 4.90 Å². The Morgan fingerprint density at radius 1 is 1.35 bits per heavy atom. The van der Waals surface area contributed by atoms with Gasteiger partial charge in [-0.15, -0.1) is 0 Å². The second kappa shape index (κ2) is 5.63. The molecule has 0 aromatic carbocycles. The summed E-state index contributed by atoms with van der Waals surface area (Å²) in [7, 11) is 0. The summed E-state index contributed by atoms with van der Waals surface area (Å²) in [6, 6.07) is 4.58. The smallest absolute Gasteiger partial charge is 0.328 e. The quantitative estimate of drug-likeness (QED) is 0.845. The Morgan fingerprint density at radius 2 is 2.25 bits per heavy atom. The van der Waals surface area contributed by atoms with Crippen molar-refractivity contribution in [3.8, 4) is 0 Å². The summed E-state index contributed by atoms with van der Waals surface area (Å²) in [5.41, 5.74) is 0.815. The van der Waals surface area contributed by atoms with Gasteiger partial charge in [0.15, 0.2) is 0 Å². The molecule has 2 aliphatic heterocycles. The number of hydrogen-bond acceptors (Lipinski definition) is 4. The first-order valence-electron chi connectivity index (χ1n) is 7.08. The van der Waals surface area contributed by atoms with Crippen LogP contribution in [0.3, 0.4) is 0 Å². The lowest BCUT2D eigenvalue weighted by Crippen LogP contribution is -2.50. The van der Waals surface area contributed by atoms with Crippen LogP contribution in [0.25, 0.3) is 6.08 Å². The molecule has 1 N–H and O–H groups in total. The fourth-order valence-electron chi connectivity index (χ4n) is 3.05. The molecule has 3 rings (SSSR count). The third-order valence-electron chi connectivity index (χ3n) is 4.10. The Morgan fingerprint density at radius 3 is 3.00 bits per heavy atom. The highest BCUT2D eigenvalue weighted by atomic mass is 16.4. The van der Waals surface area contributed by atoms with Crippen molar-refractivity contribution in [2.24, 2.45) is 0 Å². The lowest BCUT2D eigenvalue weighted by atomic mass is 10.1. The molecule has 1 atom stereocenters. The third kappa shape index (κ3) is 2.82. The van der Waals surface area contributed by atoms with Crippen LogP contribution in [0.4, 0.5) is 5.82 Å². The SMILES string of the molecule is O=C(O)/C=C/c1ccc(N2CCN3CCCC3C2)nc1. The molecule has 0 radical (unpaired) electrons. The molecule has 0 spiro atoms. The average Bonchev–Trinajstić information content (AvgIpc) is 2.93. The molecule has 0 amide bonds. The van der Waals surface area contributed by atoms with E-state index >= 15 is 0 Å². The van der Waals surface area contributed by atoms with Gasteiger partial charge in [-0.3, -0.25) is 4.90 Å². The van der Waals surface area contributed by atoms with Crippen molar-refractivity contribution in [1.29, 1.82) is 0 Å². The number of piperazine rings is 1. The first-order valence-corrected chi connectivity index (χ1v) is 7.08. The number of aliphatic carboxylic acids is 1. The fourth-order valence-corrected chi connectivity index (χ4v) is 3.05. The van der Waals surface area contributed by atoms with Gasteiger partial charge in [-0.25, -0.2) is 9.78 Å². The van der Waals surface area contributed by atoms with Gasteiger partial charge in [0.1, 0.15) is 5.82 Å². The highest BCUT2D eigenvalue weighted by Gasteiger charge is 2.30. The lowest BCUT2D eigenvalue weighted by Gasteiger charge is -2.38. The van der Waals surface area contributed by atoms with Crippen LogP contribution in [0.15, 0.2) is 24.4 Å². The number of carbonyl (C=O) groups is 1. The molecule has 0 bridgehead atoms. The molecule has 1 unspecified atom stereocenters. The number of carboxylic acids is 1. The molecule has 0 saturated carbocycles. The summed E-state index contributed by atoms with van der Waals surface area (Å²) < 4.78 is 0. The van der Waals surface area contributed by atoms with E-state index < -0.39 is 5.97 Å². The second-order valence-corrected chi connectivity index (χ2v) is 5.40. The Balaban J connectivity index is 1.67. The van der Waals surface area contributed by atoms with Crippen molar-refractivity contribution in [3.63, 3.8) is 0 Å². The van der Waals surface area contributed by atoms with E-state index in [9.17, 15) is 4.79 Å². The number of pyridine rings is 1. The number of aromatic nitrogens is 1. The Bertz CT molecular complexity index is 512. The van der Waals surface area contributed by atoms with Crippen LogP contribution in [0, 0.1) is 0 Å². The zero-order valence-electron chi connectivity index (χ0n) is 11.4. The number of fused-ring (bicyclic) bond motifs is 1. The van der Waals surface area contributed by atoms with E-state index in [2.05, 4.69) is 14.8 Å². The number of anilines is 1. The van der Waals surface area contributed by atoms with Gasteiger partial charge in [0.05, 0.1) is 0 Å². The molecular weight excluding hydrogens is 254 g/mol. The topological polar surface area (TPSA) is 56.7 Å². The molecule has 20 heavy (non-hydrogen) atoms. The molecule has 2 aliphatic rings. The van der Waals surface area contributed by atoms with Gasteiger partial charge in [-0.1, -0.05) is 0 Å². The zero-order chi connectivity index (χ0) is 13.9. The first-order chi connectivity index (χ1) is 9.72. The predicted octanol–water partition coefficient (Wildman–Crippen LogP) is 1.46. The van der Waals surface area contributed by atoms with Crippen LogP contribution in [0.5, 0.6) is 0 Å². The van der Waals surface area contributed by atoms with Crippen molar-refractivity contribution in [2.45, 2.75) is 18.9 Å². The van der Waals surface area contributed by atoms with Crippen molar-refractivity contribution in [1.82, 2.24) is 9.88 Å². The highest BCUT2D eigenvalue weighted by molar-refractivity contribution is 5.85. The van der Waals surface area contributed by atoms with Gasteiger partial charge in [-0.05, 0) is 43.2 Å². The van der Waals surface area contributed by atoms with Crippen molar-refractivity contribution >= 4 is 17.9 Å². The average molecular weight is 273 g/mol. The van der Waals surface area contributed by atoms with Crippen LogP contribution in [0.1, 0.15) is 18.4 Å². The van der Waals surface area contributed by atoms with E-state index in [1.54, 1.807) is 12.3 Å². The highest BCUT2D eigenvalue weighted by Crippen LogP contribution is 2.24. The van der Waals surface area contributed by atoms with Crippen molar-refractivity contribution in [2.75, 3.05) is 31.1 Å². The van der Waals surface area contributed by atoms with Gasteiger partial charge in [0.2, 0.25) is 0 Å². The summed E-state index contributed by atoms with van der Waals surface area (Å²) in [6.45, 7) is 4.43. The summed E-state index contributed by atoms with van der Waals surface area (Å²) in [4.78, 5) is 19.8. The van der Waals surface area contributed by atoms with Crippen LogP contribution in [-0.4, -0.2) is 53.2 Å².